The third-order valence-electron chi connectivity index (χ3n) is 4.86. The van der Waals surface area contributed by atoms with E-state index in [0.717, 1.165) is 38.3 Å². The molecule has 1 aliphatic heterocycles. The molecule has 0 aromatic carbocycles. The van der Waals surface area contributed by atoms with Crippen molar-refractivity contribution in [2.75, 3.05) is 13.1 Å². The molecule has 2 fully saturated rings. The van der Waals surface area contributed by atoms with Gasteiger partial charge in [0.1, 0.15) is 0 Å². The molecule has 1 aliphatic carbocycles. The molecule has 1 saturated carbocycles. The monoisotopic (exact) mass is 252 g/mol. The number of rotatable bonds is 1. The van der Waals surface area contributed by atoms with E-state index >= 15 is 0 Å². The molecule has 4 atom stereocenters. The molecular weight excluding hydrogens is 224 g/mol. The smallest absolute Gasteiger partial charge is 0.225 e. The summed E-state index contributed by atoms with van der Waals surface area (Å²) in [6, 6.07) is 0.313. The van der Waals surface area contributed by atoms with E-state index in [4.69, 9.17) is 5.73 Å². The van der Waals surface area contributed by atoms with Crippen molar-refractivity contribution in [3.63, 3.8) is 0 Å². The Morgan fingerprint density at radius 2 is 1.89 bits per heavy atom. The molecule has 2 aliphatic rings. The lowest BCUT2D eigenvalue weighted by atomic mass is 9.77. The number of amides is 1. The van der Waals surface area contributed by atoms with Gasteiger partial charge in [-0.15, -0.1) is 0 Å². The summed E-state index contributed by atoms with van der Waals surface area (Å²) >= 11 is 0. The molecule has 18 heavy (non-hydrogen) atoms. The van der Waals surface area contributed by atoms with Crippen LogP contribution in [0.5, 0.6) is 0 Å². The molecule has 1 amide bonds. The minimum atomic E-state index is 0.234. The first kappa shape index (κ1) is 13.9. The maximum atomic E-state index is 12.6. The van der Waals surface area contributed by atoms with Crippen LogP contribution in [0.15, 0.2) is 0 Å². The van der Waals surface area contributed by atoms with E-state index in [9.17, 15) is 4.79 Å². The number of nitrogens with zero attached hydrogens (tertiary/aromatic N) is 1. The Labute approximate surface area is 111 Å². The standard InChI is InChI=1S/C15H28N2O/c1-11-4-3-8-17(9-7-11)15(18)14-6-5-13(16)10-12(14)2/h11-14H,3-10,16H2,1-2H3. The van der Waals surface area contributed by atoms with Crippen molar-refractivity contribution in [2.45, 2.75) is 58.4 Å². The van der Waals surface area contributed by atoms with Gasteiger partial charge in [0.05, 0.1) is 0 Å². The second-order valence-corrected chi connectivity index (χ2v) is 6.52. The third kappa shape index (κ3) is 3.25. The summed E-state index contributed by atoms with van der Waals surface area (Å²) in [5.41, 5.74) is 5.98. The van der Waals surface area contributed by atoms with Crippen molar-refractivity contribution in [1.29, 1.82) is 0 Å². The molecule has 2 rings (SSSR count). The lowest BCUT2D eigenvalue weighted by Crippen LogP contribution is -2.43. The molecule has 2 N–H and O–H groups in total. The van der Waals surface area contributed by atoms with Crippen LogP contribution >= 0.6 is 0 Å². The fourth-order valence-corrected chi connectivity index (χ4v) is 3.52. The van der Waals surface area contributed by atoms with Crippen molar-refractivity contribution < 1.29 is 4.79 Å². The van der Waals surface area contributed by atoms with Crippen LogP contribution in [-0.4, -0.2) is 29.9 Å². The van der Waals surface area contributed by atoms with Crippen molar-refractivity contribution in [3.05, 3.63) is 0 Å². The molecule has 0 radical (unpaired) electrons. The van der Waals surface area contributed by atoms with E-state index in [2.05, 4.69) is 18.7 Å². The van der Waals surface area contributed by atoms with Crippen molar-refractivity contribution in [1.82, 2.24) is 4.90 Å². The Morgan fingerprint density at radius 3 is 2.61 bits per heavy atom. The summed E-state index contributed by atoms with van der Waals surface area (Å²) in [5, 5.41) is 0. The van der Waals surface area contributed by atoms with Gasteiger partial charge in [0.15, 0.2) is 0 Å². The molecule has 1 heterocycles. The number of likely N-dealkylation sites (tertiary alicyclic amines) is 1. The maximum absolute atomic E-state index is 12.6. The summed E-state index contributed by atoms with van der Waals surface area (Å²) in [5.74, 6) is 1.88. The van der Waals surface area contributed by atoms with E-state index < -0.39 is 0 Å². The van der Waals surface area contributed by atoms with Crippen LogP contribution in [0.1, 0.15) is 52.4 Å². The molecule has 0 aromatic heterocycles. The van der Waals surface area contributed by atoms with Crippen LogP contribution in [0, 0.1) is 17.8 Å². The Morgan fingerprint density at radius 1 is 1.11 bits per heavy atom. The summed E-state index contributed by atoms with van der Waals surface area (Å²) in [6.45, 7) is 6.44. The van der Waals surface area contributed by atoms with E-state index in [-0.39, 0.29) is 5.92 Å². The molecular formula is C15H28N2O. The lowest BCUT2D eigenvalue weighted by molar-refractivity contribution is -0.138. The number of carbonyl (C=O) groups is 1. The topological polar surface area (TPSA) is 46.3 Å². The second kappa shape index (κ2) is 6.05. The molecule has 3 heteroatoms. The molecule has 3 nitrogen and oxygen atoms in total. The highest BCUT2D eigenvalue weighted by molar-refractivity contribution is 5.79. The quantitative estimate of drug-likeness (QED) is 0.779. The molecule has 1 saturated heterocycles. The summed E-state index contributed by atoms with van der Waals surface area (Å²) in [7, 11) is 0. The normalized spacial score (nSPS) is 38.3. The highest BCUT2D eigenvalue weighted by Crippen LogP contribution is 2.31. The van der Waals surface area contributed by atoms with Gasteiger partial charge in [-0.1, -0.05) is 13.8 Å². The fraction of sp³-hybridized carbons (Fsp3) is 0.933. The molecule has 0 bridgehead atoms. The zero-order chi connectivity index (χ0) is 13.1. The van der Waals surface area contributed by atoms with Gasteiger partial charge in [-0.2, -0.15) is 0 Å². The van der Waals surface area contributed by atoms with Gasteiger partial charge in [-0.05, 0) is 50.4 Å². The predicted molar refractivity (Wildman–Crippen MR) is 74.1 cm³/mol. The largest absolute Gasteiger partial charge is 0.342 e. The Balaban J connectivity index is 1.93. The second-order valence-electron chi connectivity index (χ2n) is 6.52. The maximum Gasteiger partial charge on any atom is 0.225 e. The van der Waals surface area contributed by atoms with Crippen LogP contribution in [0.2, 0.25) is 0 Å². The zero-order valence-corrected chi connectivity index (χ0v) is 11.9. The van der Waals surface area contributed by atoms with Crippen LogP contribution in [0.4, 0.5) is 0 Å². The number of nitrogens with two attached hydrogens (primary N) is 1. The molecule has 4 unspecified atom stereocenters. The van der Waals surface area contributed by atoms with E-state index in [1.807, 2.05) is 0 Å². The first-order valence-electron chi connectivity index (χ1n) is 7.62. The minimum Gasteiger partial charge on any atom is -0.342 e. The van der Waals surface area contributed by atoms with Gasteiger partial charge >= 0.3 is 0 Å². The molecule has 0 aromatic rings. The van der Waals surface area contributed by atoms with Gasteiger partial charge in [0.25, 0.3) is 0 Å². The van der Waals surface area contributed by atoms with Crippen molar-refractivity contribution >= 4 is 5.91 Å². The Bertz CT molecular complexity index is 292. The Hall–Kier alpha value is -0.570. The predicted octanol–water partition coefficient (Wildman–Crippen LogP) is 2.40. The summed E-state index contributed by atoms with van der Waals surface area (Å²) in [4.78, 5) is 14.7. The van der Waals surface area contributed by atoms with Crippen LogP contribution in [0.25, 0.3) is 0 Å². The van der Waals surface area contributed by atoms with Gasteiger partial charge in [-0.3, -0.25) is 4.79 Å². The summed E-state index contributed by atoms with van der Waals surface area (Å²) in [6.07, 6.45) is 6.65. The average molecular weight is 252 g/mol. The lowest BCUT2D eigenvalue weighted by Gasteiger charge is -2.35. The van der Waals surface area contributed by atoms with Crippen molar-refractivity contribution in [2.24, 2.45) is 23.5 Å². The van der Waals surface area contributed by atoms with Crippen LogP contribution < -0.4 is 5.73 Å². The van der Waals surface area contributed by atoms with Gasteiger partial charge in [0.2, 0.25) is 5.91 Å². The van der Waals surface area contributed by atoms with Gasteiger partial charge in [-0.25, -0.2) is 0 Å². The van der Waals surface area contributed by atoms with Gasteiger partial charge in [0, 0.05) is 25.0 Å². The SMILES string of the molecule is CC1CCCN(C(=O)C2CCC(N)CC2C)CC1. The van der Waals surface area contributed by atoms with E-state index in [0.29, 0.717) is 17.9 Å². The Kier molecular flexibility index (Phi) is 4.66. The fourth-order valence-electron chi connectivity index (χ4n) is 3.52. The highest BCUT2D eigenvalue weighted by Gasteiger charge is 2.33. The molecule has 0 spiro atoms. The highest BCUT2D eigenvalue weighted by atomic mass is 16.2. The zero-order valence-electron chi connectivity index (χ0n) is 11.9. The van der Waals surface area contributed by atoms with E-state index in [1.54, 1.807) is 0 Å². The first-order valence-corrected chi connectivity index (χ1v) is 7.62. The van der Waals surface area contributed by atoms with Crippen LogP contribution in [-0.2, 0) is 4.79 Å². The third-order valence-corrected chi connectivity index (χ3v) is 4.86. The molecule has 104 valence electrons. The average Bonchev–Trinajstić information content (AvgIpc) is 2.53. The number of carbonyl (C=O) groups excluding carboxylic acids is 1. The van der Waals surface area contributed by atoms with Crippen molar-refractivity contribution in [3.8, 4) is 0 Å². The minimum absolute atomic E-state index is 0.234. The number of hydrogen-bond donors (Lipinski definition) is 1. The first-order chi connectivity index (χ1) is 8.58. The van der Waals surface area contributed by atoms with Gasteiger partial charge < -0.3 is 10.6 Å². The number of hydrogen-bond acceptors (Lipinski definition) is 2. The van der Waals surface area contributed by atoms with E-state index in [1.165, 1.54) is 19.3 Å². The summed E-state index contributed by atoms with van der Waals surface area (Å²) < 4.78 is 0. The van der Waals surface area contributed by atoms with Crippen LogP contribution in [0.3, 0.4) is 0 Å².